The van der Waals surface area contributed by atoms with Crippen LogP contribution in [0.1, 0.15) is 34.3 Å². The van der Waals surface area contributed by atoms with E-state index in [-0.39, 0.29) is 36.0 Å². The van der Waals surface area contributed by atoms with Crippen LogP contribution < -0.4 is 4.90 Å². The SMILES string of the molecule is N#Cc1ccc(C(F)(F)F)c(N2CCC(C(=O)c3ccc(F)cc3)CC2)c1. The molecule has 1 aliphatic heterocycles. The molecule has 0 unspecified atom stereocenters. The van der Waals surface area contributed by atoms with Crippen LogP contribution in [0.5, 0.6) is 0 Å². The highest BCUT2D eigenvalue weighted by molar-refractivity contribution is 5.98. The Morgan fingerprint density at radius 1 is 1.07 bits per heavy atom. The summed E-state index contributed by atoms with van der Waals surface area (Å²) in [5.74, 6) is -0.880. The number of hydrogen-bond acceptors (Lipinski definition) is 3. The Labute approximate surface area is 153 Å². The number of carbonyl (C=O) groups is 1. The van der Waals surface area contributed by atoms with E-state index in [0.717, 1.165) is 12.1 Å². The number of benzene rings is 2. The highest BCUT2D eigenvalue weighted by Gasteiger charge is 2.36. The van der Waals surface area contributed by atoms with Gasteiger partial charge in [-0.1, -0.05) is 0 Å². The summed E-state index contributed by atoms with van der Waals surface area (Å²) in [6, 6.07) is 10.4. The predicted molar refractivity (Wildman–Crippen MR) is 91.8 cm³/mol. The molecule has 1 fully saturated rings. The summed E-state index contributed by atoms with van der Waals surface area (Å²) in [6.07, 6.45) is -3.74. The molecule has 1 aliphatic rings. The molecule has 2 aromatic rings. The second kappa shape index (κ2) is 7.39. The lowest BCUT2D eigenvalue weighted by atomic mass is 9.88. The van der Waals surface area contributed by atoms with Crippen molar-refractivity contribution in [1.29, 1.82) is 5.26 Å². The number of halogens is 4. The van der Waals surface area contributed by atoms with Crippen molar-refractivity contribution < 1.29 is 22.4 Å². The molecule has 0 radical (unpaired) electrons. The number of Topliss-reactive ketones (excluding diaryl/α,β-unsaturated/α-hetero) is 1. The molecular formula is C20H16F4N2O. The zero-order valence-corrected chi connectivity index (χ0v) is 14.3. The molecule has 0 spiro atoms. The minimum Gasteiger partial charge on any atom is -0.371 e. The lowest BCUT2D eigenvalue weighted by molar-refractivity contribution is -0.137. The van der Waals surface area contributed by atoms with E-state index in [9.17, 15) is 22.4 Å². The molecule has 0 aromatic heterocycles. The van der Waals surface area contributed by atoms with Gasteiger partial charge in [-0.2, -0.15) is 18.4 Å². The van der Waals surface area contributed by atoms with E-state index in [0.29, 0.717) is 18.4 Å². The van der Waals surface area contributed by atoms with Crippen LogP contribution in [-0.4, -0.2) is 18.9 Å². The van der Waals surface area contributed by atoms with Gasteiger partial charge in [-0.15, -0.1) is 0 Å². The number of piperidine rings is 1. The largest absolute Gasteiger partial charge is 0.418 e. The van der Waals surface area contributed by atoms with Gasteiger partial charge >= 0.3 is 6.18 Å². The van der Waals surface area contributed by atoms with E-state index in [1.54, 1.807) is 4.90 Å². The fourth-order valence-electron chi connectivity index (χ4n) is 3.33. The first-order valence-electron chi connectivity index (χ1n) is 8.45. The minimum absolute atomic E-state index is 0.0331. The molecular weight excluding hydrogens is 360 g/mol. The first-order chi connectivity index (χ1) is 12.8. The van der Waals surface area contributed by atoms with Crippen LogP contribution in [0.15, 0.2) is 42.5 Å². The molecule has 140 valence electrons. The maximum absolute atomic E-state index is 13.3. The second-order valence-corrected chi connectivity index (χ2v) is 6.47. The number of nitriles is 1. The third-order valence-corrected chi connectivity index (χ3v) is 4.77. The molecule has 0 saturated carbocycles. The van der Waals surface area contributed by atoms with E-state index >= 15 is 0 Å². The average molecular weight is 376 g/mol. The fourth-order valence-corrected chi connectivity index (χ4v) is 3.33. The maximum Gasteiger partial charge on any atom is 0.418 e. The Balaban J connectivity index is 1.77. The molecule has 2 aromatic carbocycles. The van der Waals surface area contributed by atoms with Crippen LogP contribution in [-0.2, 0) is 6.18 Å². The smallest absolute Gasteiger partial charge is 0.371 e. The van der Waals surface area contributed by atoms with Gasteiger partial charge in [0, 0.05) is 24.6 Å². The number of hydrogen-bond donors (Lipinski definition) is 0. The van der Waals surface area contributed by atoms with Crippen LogP contribution in [0.3, 0.4) is 0 Å². The molecule has 0 bridgehead atoms. The van der Waals surface area contributed by atoms with Gasteiger partial charge in [0.05, 0.1) is 22.9 Å². The summed E-state index contributed by atoms with van der Waals surface area (Å²) in [6.45, 7) is 0.547. The standard InChI is InChI=1S/C20H16F4N2O/c21-16-4-2-14(3-5-16)19(27)15-7-9-26(10-8-15)18-11-13(12-25)1-6-17(18)20(22,23)24/h1-6,11,15H,7-10H2. The van der Waals surface area contributed by atoms with Crippen LogP contribution in [0.2, 0.25) is 0 Å². The van der Waals surface area contributed by atoms with E-state index in [1.807, 2.05) is 6.07 Å². The summed E-state index contributed by atoms with van der Waals surface area (Å²) >= 11 is 0. The summed E-state index contributed by atoms with van der Waals surface area (Å²) in [5.41, 5.74) is -0.265. The summed E-state index contributed by atoms with van der Waals surface area (Å²) in [4.78, 5) is 14.1. The van der Waals surface area contributed by atoms with Gasteiger partial charge in [-0.3, -0.25) is 4.79 Å². The van der Waals surface area contributed by atoms with Crippen LogP contribution in [0.4, 0.5) is 23.2 Å². The maximum atomic E-state index is 13.3. The van der Waals surface area contributed by atoms with Crippen molar-refractivity contribution in [3.8, 4) is 6.07 Å². The quantitative estimate of drug-likeness (QED) is 0.570. The van der Waals surface area contributed by atoms with Crippen molar-refractivity contribution in [3.05, 3.63) is 65.0 Å². The number of anilines is 1. The monoisotopic (exact) mass is 376 g/mol. The summed E-state index contributed by atoms with van der Waals surface area (Å²) in [5, 5.41) is 8.99. The van der Waals surface area contributed by atoms with Crippen molar-refractivity contribution in [3.63, 3.8) is 0 Å². The fraction of sp³-hybridized carbons (Fsp3) is 0.300. The molecule has 27 heavy (non-hydrogen) atoms. The lowest BCUT2D eigenvalue weighted by Gasteiger charge is -2.34. The molecule has 3 rings (SSSR count). The molecule has 0 N–H and O–H groups in total. The molecule has 3 nitrogen and oxygen atoms in total. The number of carbonyl (C=O) groups excluding carboxylic acids is 1. The average Bonchev–Trinajstić information content (AvgIpc) is 2.67. The third-order valence-electron chi connectivity index (χ3n) is 4.77. The zero-order chi connectivity index (χ0) is 19.6. The van der Waals surface area contributed by atoms with Crippen molar-refractivity contribution in [2.24, 2.45) is 5.92 Å². The van der Waals surface area contributed by atoms with Crippen LogP contribution >= 0.6 is 0 Å². The Bertz CT molecular complexity index is 876. The highest BCUT2D eigenvalue weighted by atomic mass is 19.4. The van der Waals surface area contributed by atoms with E-state index in [1.165, 1.54) is 30.3 Å². The first-order valence-corrected chi connectivity index (χ1v) is 8.45. The topological polar surface area (TPSA) is 44.1 Å². The molecule has 1 saturated heterocycles. The Morgan fingerprint density at radius 2 is 1.70 bits per heavy atom. The Hall–Kier alpha value is -2.88. The predicted octanol–water partition coefficient (Wildman–Crippen LogP) is 4.82. The van der Waals surface area contributed by atoms with Gasteiger partial charge in [0.1, 0.15) is 5.82 Å². The first kappa shape index (κ1) is 18.9. The van der Waals surface area contributed by atoms with E-state index < -0.39 is 17.6 Å². The molecule has 7 heteroatoms. The Morgan fingerprint density at radius 3 is 2.26 bits per heavy atom. The number of alkyl halides is 3. The van der Waals surface area contributed by atoms with Crippen molar-refractivity contribution in [2.45, 2.75) is 19.0 Å². The zero-order valence-electron chi connectivity index (χ0n) is 14.3. The van der Waals surface area contributed by atoms with Gasteiger partial charge in [0.2, 0.25) is 0 Å². The summed E-state index contributed by atoms with van der Waals surface area (Å²) < 4.78 is 52.9. The third kappa shape index (κ3) is 4.11. The number of ketones is 1. The molecule has 0 atom stereocenters. The van der Waals surface area contributed by atoms with Gasteiger partial charge < -0.3 is 4.90 Å². The second-order valence-electron chi connectivity index (χ2n) is 6.47. The Kier molecular flexibility index (Phi) is 5.17. The van der Waals surface area contributed by atoms with Gasteiger partial charge in [0.25, 0.3) is 0 Å². The van der Waals surface area contributed by atoms with Crippen LogP contribution in [0.25, 0.3) is 0 Å². The molecule has 0 aliphatic carbocycles. The van der Waals surface area contributed by atoms with Gasteiger partial charge in [-0.05, 0) is 55.3 Å². The van der Waals surface area contributed by atoms with Crippen molar-refractivity contribution in [1.82, 2.24) is 0 Å². The van der Waals surface area contributed by atoms with Gasteiger partial charge in [0.15, 0.2) is 5.78 Å². The van der Waals surface area contributed by atoms with Crippen LogP contribution in [0, 0.1) is 23.1 Å². The molecule has 0 amide bonds. The minimum atomic E-state index is -4.52. The van der Waals surface area contributed by atoms with E-state index in [4.69, 9.17) is 5.26 Å². The van der Waals surface area contributed by atoms with Crippen molar-refractivity contribution in [2.75, 3.05) is 18.0 Å². The molecule has 1 heterocycles. The highest BCUT2D eigenvalue weighted by Crippen LogP contribution is 2.38. The lowest BCUT2D eigenvalue weighted by Crippen LogP contribution is -2.37. The van der Waals surface area contributed by atoms with Crippen molar-refractivity contribution >= 4 is 11.5 Å². The number of nitrogens with zero attached hydrogens (tertiary/aromatic N) is 2. The van der Waals surface area contributed by atoms with E-state index in [2.05, 4.69) is 0 Å². The summed E-state index contributed by atoms with van der Waals surface area (Å²) in [7, 11) is 0. The number of rotatable bonds is 3. The normalized spacial score (nSPS) is 15.4. The van der Waals surface area contributed by atoms with Gasteiger partial charge in [-0.25, -0.2) is 4.39 Å².